The van der Waals surface area contributed by atoms with Crippen molar-refractivity contribution >= 4 is 17.9 Å². The van der Waals surface area contributed by atoms with Crippen molar-refractivity contribution < 1.29 is 38.8 Å². The molecule has 0 spiro atoms. The van der Waals surface area contributed by atoms with Gasteiger partial charge in [0.2, 0.25) is 5.91 Å². The Hall–Kier alpha value is -5.69. The lowest BCUT2D eigenvalue weighted by Gasteiger charge is -2.43. The van der Waals surface area contributed by atoms with Crippen molar-refractivity contribution in [3.8, 4) is 11.1 Å². The third-order valence-electron chi connectivity index (χ3n) is 11.4. The van der Waals surface area contributed by atoms with Crippen LogP contribution in [0.3, 0.4) is 0 Å². The minimum atomic E-state index is -0.999. The van der Waals surface area contributed by atoms with Gasteiger partial charge in [-0.2, -0.15) is 0 Å². The van der Waals surface area contributed by atoms with E-state index in [0.717, 1.165) is 44.5 Å². The van der Waals surface area contributed by atoms with Gasteiger partial charge < -0.3 is 29.7 Å². The highest BCUT2D eigenvalue weighted by atomic mass is 16.7. The molecule has 11 nitrogen and oxygen atoms in total. The summed E-state index contributed by atoms with van der Waals surface area (Å²) in [6.45, 7) is 4.72. The molecule has 5 aromatic carbocycles. The molecule has 11 heteroatoms. The molecule has 2 saturated heterocycles. The number of nitrogens with zero attached hydrogens (tertiary/aromatic N) is 2. The van der Waals surface area contributed by atoms with Crippen LogP contribution in [0.1, 0.15) is 72.1 Å². The largest absolute Gasteiger partial charge is 0.445 e. The second-order valence-electron chi connectivity index (χ2n) is 15.5. The van der Waals surface area contributed by atoms with Gasteiger partial charge in [-0.25, -0.2) is 4.79 Å². The van der Waals surface area contributed by atoms with Crippen molar-refractivity contribution in [3.05, 3.63) is 167 Å². The van der Waals surface area contributed by atoms with Gasteiger partial charge in [-0.3, -0.25) is 19.4 Å². The molecule has 0 radical (unpaired) electrons. The maximum absolute atomic E-state index is 13.3. The molecule has 0 saturated carbocycles. The molecule has 2 aliphatic rings. The molecule has 3 N–H and O–H groups in total. The summed E-state index contributed by atoms with van der Waals surface area (Å²) in [7, 11) is 2.00. The summed E-state index contributed by atoms with van der Waals surface area (Å²) in [5.41, 5.74) is 6.80. The zero-order valence-electron chi connectivity index (χ0n) is 33.5. The normalized spacial score (nSPS) is 21.7. The Kier molecular flexibility index (Phi) is 13.3. The van der Waals surface area contributed by atoms with Crippen LogP contribution in [0, 0.1) is 5.92 Å². The van der Waals surface area contributed by atoms with Gasteiger partial charge in [-0.05, 0) is 65.0 Å². The van der Waals surface area contributed by atoms with E-state index in [2.05, 4.69) is 17.1 Å². The molecule has 3 amide bonds. The fraction of sp³-hybridized carbons (Fsp3) is 0.312. The Labute approximate surface area is 345 Å². The quantitative estimate of drug-likeness (QED) is 0.0993. The first-order valence-corrected chi connectivity index (χ1v) is 20.0. The molecule has 7 unspecified atom stereocenters. The molecule has 0 aliphatic carbocycles. The number of amides is 3. The lowest BCUT2D eigenvalue weighted by Crippen LogP contribution is -2.46. The molecule has 306 valence electrons. The van der Waals surface area contributed by atoms with Crippen LogP contribution in [0.4, 0.5) is 4.79 Å². The molecule has 0 bridgehead atoms. The van der Waals surface area contributed by atoms with Crippen LogP contribution in [0.15, 0.2) is 133 Å². The molecular formula is C48H51N3O8. The summed E-state index contributed by atoms with van der Waals surface area (Å²) in [5.74, 6) is -0.911. The van der Waals surface area contributed by atoms with Crippen LogP contribution in [-0.4, -0.2) is 69.7 Å². The van der Waals surface area contributed by atoms with Gasteiger partial charge in [0.15, 0.2) is 6.29 Å². The summed E-state index contributed by atoms with van der Waals surface area (Å²) in [5, 5.41) is 23.5. The number of aliphatic hydroxyl groups excluding tert-OH is 2. The number of imide groups is 1. The Bertz CT molecular complexity index is 2200. The molecule has 2 heterocycles. The highest BCUT2D eigenvalue weighted by molar-refractivity contribution is 6.06. The highest BCUT2D eigenvalue weighted by Gasteiger charge is 2.41. The van der Waals surface area contributed by atoms with Crippen molar-refractivity contribution in [3.63, 3.8) is 0 Å². The second kappa shape index (κ2) is 18.9. The predicted molar refractivity (Wildman–Crippen MR) is 222 cm³/mol. The van der Waals surface area contributed by atoms with Crippen molar-refractivity contribution in [2.45, 2.75) is 76.7 Å². The third kappa shape index (κ3) is 9.96. The molecule has 2 fully saturated rings. The van der Waals surface area contributed by atoms with Crippen LogP contribution >= 0.6 is 0 Å². The van der Waals surface area contributed by atoms with Crippen molar-refractivity contribution in [1.82, 2.24) is 15.1 Å². The molecule has 5 aromatic rings. The Morgan fingerprint density at radius 1 is 0.831 bits per heavy atom. The SMILES string of the molecule is CC1C(CN(C)C(C)C(O)c2ccccc2)OC(c2cccc(-c3cccc(CN4C(=O)CC(NC(=O)OCc5ccccc5)C4=O)c3)c2)OC1c1ccc(CO)cc1. The monoisotopic (exact) mass is 797 g/mol. The molecule has 7 rings (SSSR count). The summed E-state index contributed by atoms with van der Waals surface area (Å²) >= 11 is 0. The van der Waals surface area contributed by atoms with Crippen LogP contribution in [0.2, 0.25) is 0 Å². The smallest absolute Gasteiger partial charge is 0.408 e. The molecule has 59 heavy (non-hydrogen) atoms. The Morgan fingerprint density at radius 2 is 1.49 bits per heavy atom. The summed E-state index contributed by atoms with van der Waals surface area (Å²) in [6.07, 6.45) is -2.89. The lowest BCUT2D eigenvalue weighted by molar-refractivity contribution is -0.276. The zero-order valence-corrected chi connectivity index (χ0v) is 33.5. The van der Waals surface area contributed by atoms with Crippen LogP contribution in [0.5, 0.6) is 0 Å². The van der Waals surface area contributed by atoms with Crippen LogP contribution < -0.4 is 5.32 Å². The van der Waals surface area contributed by atoms with Gasteiger partial charge >= 0.3 is 6.09 Å². The van der Waals surface area contributed by atoms with E-state index < -0.39 is 30.4 Å². The van der Waals surface area contributed by atoms with Crippen molar-refractivity contribution in [2.24, 2.45) is 5.92 Å². The Balaban J connectivity index is 1.06. The summed E-state index contributed by atoms with van der Waals surface area (Å²) < 4.78 is 18.8. The summed E-state index contributed by atoms with van der Waals surface area (Å²) in [4.78, 5) is 42.1. The van der Waals surface area contributed by atoms with Crippen LogP contribution in [-0.2, 0) is 43.6 Å². The average Bonchev–Trinajstić information content (AvgIpc) is 3.53. The first-order chi connectivity index (χ1) is 28.6. The first kappa shape index (κ1) is 41.5. The van der Waals surface area contributed by atoms with Gasteiger partial charge in [-0.1, -0.05) is 128 Å². The van der Waals surface area contributed by atoms with E-state index >= 15 is 0 Å². The second-order valence-corrected chi connectivity index (χ2v) is 15.5. The fourth-order valence-electron chi connectivity index (χ4n) is 7.71. The number of aliphatic hydroxyl groups is 2. The van der Waals surface area contributed by atoms with Crippen LogP contribution in [0.25, 0.3) is 11.1 Å². The Morgan fingerprint density at radius 3 is 2.20 bits per heavy atom. The standard InChI is InChI=1S/C48H51N3O8/c1-31-42(28-50(3)32(2)44(54)36-15-8-5-9-16-36)58-47(59-45(31)37-22-20-33(29-52)21-23-37)40-19-11-18-39(25-40)38-17-10-14-35(24-38)27-51-43(53)26-41(46(51)55)49-48(56)57-30-34-12-6-4-7-13-34/h4-25,31-32,41-42,44-45,47,52,54H,26-30H2,1-3H3,(H,49,56). The maximum Gasteiger partial charge on any atom is 0.408 e. The number of likely N-dealkylation sites (tertiary alicyclic amines) is 1. The number of ether oxygens (including phenoxy) is 3. The third-order valence-corrected chi connectivity index (χ3v) is 11.4. The topological polar surface area (TPSA) is 138 Å². The first-order valence-electron chi connectivity index (χ1n) is 20.0. The van der Waals surface area contributed by atoms with Gasteiger partial charge in [0.05, 0.1) is 37.9 Å². The number of carbonyl (C=O) groups excluding carboxylic acids is 3. The predicted octanol–water partition coefficient (Wildman–Crippen LogP) is 7.25. The number of nitrogens with one attached hydrogen (secondary N) is 1. The van der Waals surface area contributed by atoms with E-state index in [4.69, 9.17) is 14.2 Å². The van der Waals surface area contributed by atoms with E-state index in [9.17, 15) is 24.6 Å². The highest BCUT2D eigenvalue weighted by Crippen LogP contribution is 2.43. The number of rotatable bonds is 14. The number of hydrogen-bond donors (Lipinski definition) is 3. The van der Waals surface area contributed by atoms with Crippen molar-refractivity contribution in [2.75, 3.05) is 13.6 Å². The number of alkyl carbamates (subject to hydrolysis) is 1. The minimum Gasteiger partial charge on any atom is -0.445 e. The van der Waals surface area contributed by atoms with Gasteiger partial charge in [0, 0.05) is 24.1 Å². The molecule has 7 atom stereocenters. The lowest BCUT2D eigenvalue weighted by atomic mass is 9.89. The fourth-order valence-corrected chi connectivity index (χ4v) is 7.71. The van der Waals surface area contributed by atoms with Crippen molar-refractivity contribution in [1.29, 1.82) is 0 Å². The van der Waals surface area contributed by atoms with Gasteiger partial charge in [0.1, 0.15) is 12.6 Å². The minimum absolute atomic E-state index is 0.0502. The average molecular weight is 798 g/mol. The van der Waals surface area contributed by atoms with E-state index in [-0.39, 0.29) is 56.3 Å². The van der Waals surface area contributed by atoms with E-state index in [1.807, 2.05) is 147 Å². The number of carbonyl (C=O) groups is 3. The molecule has 0 aromatic heterocycles. The van der Waals surface area contributed by atoms with Gasteiger partial charge in [-0.15, -0.1) is 0 Å². The van der Waals surface area contributed by atoms with E-state index in [1.54, 1.807) is 0 Å². The number of likely N-dealkylation sites (N-methyl/N-ethyl adjacent to an activating group) is 1. The number of benzene rings is 5. The summed E-state index contributed by atoms with van der Waals surface area (Å²) in [6, 6.07) is 41.1. The number of hydrogen-bond acceptors (Lipinski definition) is 9. The molecular weight excluding hydrogens is 747 g/mol. The van der Waals surface area contributed by atoms with E-state index in [1.165, 1.54) is 4.90 Å². The maximum atomic E-state index is 13.3. The van der Waals surface area contributed by atoms with Gasteiger partial charge in [0.25, 0.3) is 5.91 Å². The molecule has 2 aliphatic heterocycles. The zero-order chi connectivity index (χ0) is 41.5. The van der Waals surface area contributed by atoms with E-state index in [0.29, 0.717) is 6.54 Å².